The van der Waals surface area contributed by atoms with Gasteiger partial charge in [0.1, 0.15) is 0 Å². The van der Waals surface area contributed by atoms with Crippen LogP contribution in [0.15, 0.2) is 120 Å². The summed E-state index contributed by atoms with van der Waals surface area (Å²) in [6.07, 6.45) is 6.95. The van der Waals surface area contributed by atoms with E-state index >= 15 is 0 Å². The molecule has 1 aliphatic rings. The van der Waals surface area contributed by atoms with Gasteiger partial charge in [-0.1, -0.05) is 129 Å². The molecule has 258 valence electrons. The molecule has 49 heavy (non-hydrogen) atoms. The molecule has 0 bridgehead atoms. The van der Waals surface area contributed by atoms with Gasteiger partial charge in [-0.05, 0) is 10.8 Å². The van der Waals surface area contributed by atoms with Crippen molar-refractivity contribution in [1.29, 1.82) is 0 Å². The number of rotatable bonds is 3. The van der Waals surface area contributed by atoms with Crippen molar-refractivity contribution in [1.82, 2.24) is 0 Å². The fourth-order valence-corrected chi connectivity index (χ4v) is 6.89. The number of benzene rings is 4. The van der Waals surface area contributed by atoms with Crippen molar-refractivity contribution in [2.24, 2.45) is 11.3 Å². The summed E-state index contributed by atoms with van der Waals surface area (Å²) < 4.78 is 1.42. The Kier molecular flexibility index (Phi) is 15.4. The van der Waals surface area contributed by atoms with Crippen molar-refractivity contribution in [2.45, 2.75) is 93.4 Å². The zero-order valence-electron chi connectivity index (χ0n) is 31.4. The molecule has 6 rings (SSSR count). The van der Waals surface area contributed by atoms with E-state index in [1.54, 1.807) is 0 Å². The molecule has 0 aliphatic heterocycles. The van der Waals surface area contributed by atoms with E-state index < -0.39 is 0 Å². The second kappa shape index (κ2) is 17.7. The fourth-order valence-electron chi connectivity index (χ4n) is 6.07. The third-order valence-corrected chi connectivity index (χ3v) is 10.3. The molecule has 3 heteroatoms. The van der Waals surface area contributed by atoms with Crippen LogP contribution in [-0.2, 0) is 35.1 Å². The Bertz CT molecular complexity index is 1760. The van der Waals surface area contributed by atoms with Gasteiger partial charge >= 0.3 is 99.2 Å². The molecular formula is C46H54Cl2Zr-2. The first-order valence-corrected chi connectivity index (χ1v) is 18.4. The Hall–Kier alpha value is -2.44. The Morgan fingerprint density at radius 3 is 1.37 bits per heavy atom. The molecule has 0 nitrogen and oxygen atoms in total. The molecule has 0 radical (unpaired) electrons. The molecule has 0 spiro atoms. The van der Waals surface area contributed by atoms with Crippen molar-refractivity contribution >= 4 is 24.8 Å². The predicted octanol–water partition coefficient (Wildman–Crippen LogP) is 6.87. The van der Waals surface area contributed by atoms with Gasteiger partial charge in [-0.15, -0.1) is 39.7 Å². The first-order chi connectivity index (χ1) is 22.0. The van der Waals surface area contributed by atoms with Gasteiger partial charge in [0, 0.05) is 0 Å². The molecule has 0 saturated carbocycles. The number of hydrogen-bond donors (Lipinski definition) is 0. The molecule has 5 aromatic carbocycles. The molecule has 0 saturated heterocycles. The van der Waals surface area contributed by atoms with Crippen LogP contribution in [0.2, 0.25) is 0 Å². The van der Waals surface area contributed by atoms with Crippen molar-refractivity contribution in [3.8, 4) is 0 Å². The quantitative estimate of drug-likeness (QED) is 0.176. The van der Waals surface area contributed by atoms with Crippen molar-refractivity contribution in [2.75, 3.05) is 0 Å². The number of allylic oxidation sites excluding steroid dienone is 4. The molecule has 0 heterocycles. The van der Waals surface area contributed by atoms with Crippen LogP contribution >= 0.6 is 0 Å². The second-order valence-electron chi connectivity index (χ2n) is 16.0. The average Bonchev–Trinajstić information content (AvgIpc) is 3.60. The van der Waals surface area contributed by atoms with Gasteiger partial charge in [0.05, 0.1) is 0 Å². The predicted molar refractivity (Wildman–Crippen MR) is 204 cm³/mol. The maximum absolute atomic E-state index is 3.48. The fraction of sp³-hybridized carbons (Fsp3) is 0.348. The van der Waals surface area contributed by atoms with E-state index in [0.29, 0.717) is 11.3 Å². The van der Waals surface area contributed by atoms with E-state index in [1.807, 2.05) is 0 Å². The third kappa shape index (κ3) is 11.3. The maximum atomic E-state index is 3.48. The van der Waals surface area contributed by atoms with E-state index in [0.717, 1.165) is 6.42 Å². The SMILES string of the molecule is CC(C)(C)c1ccc2c(c1)[cH-]c1cc(C(C)(C)C)ccc12.CCC1=[C-]C(C)C=C1C(C)(C)C.[Cl-].[Cl-].[Zr+2]=[C](c1ccccc1)c1ccccc1. The molecule has 1 unspecified atom stereocenters. The van der Waals surface area contributed by atoms with Crippen LogP contribution in [0.5, 0.6) is 0 Å². The average molecular weight is 769 g/mol. The van der Waals surface area contributed by atoms with Crippen molar-refractivity contribution in [3.63, 3.8) is 0 Å². The summed E-state index contributed by atoms with van der Waals surface area (Å²) >= 11 is 1.46. The van der Waals surface area contributed by atoms with E-state index in [-0.39, 0.29) is 35.6 Å². The summed E-state index contributed by atoms with van der Waals surface area (Å²) in [5.74, 6) is 0.522. The topological polar surface area (TPSA) is 0 Å². The number of hydrogen-bond acceptors (Lipinski definition) is 0. The monoisotopic (exact) mass is 766 g/mol. The van der Waals surface area contributed by atoms with E-state index in [9.17, 15) is 0 Å². The zero-order chi connectivity index (χ0) is 34.6. The summed E-state index contributed by atoms with van der Waals surface area (Å²) in [4.78, 5) is 0. The number of halogens is 2. The summed E-state index contributed by atoms with van der Waals surface area (Å²) in [6, 6.07) is 37.3. The van der Waals surface area contributed by atoms with Crippen LogP contribution < -0.4 is 24.8 Å². The molecule has 0 aromatic heterocycles. The Morgan fingerprint density at radius 2 is 1.04 bits per heavy atom. The summed E-state index contributed by atoms with van der Waals surface area (Å²) in [6.45, 7) is 24.9. The Morgan fingerprint density at radius 1 is 0.633 bits per heavy atom. The van der Waals surface area contributed by atoms with Gasteiger partial charge in [-0.25, -0.2) is 5.57 Å². The van der Waals surface area contributed by atoms with E-state index in [2.05, 4.69) is 191 Å². The van der Waals surface area contributed by atoms with Crippen LogP contribution in [0.1, 0.15) is 105 Å². The Balaban J connectivity index is 0.000000262. The molecular weight excluding hydrogens is 715 g/mol. The summed E-state index contributed by atoms with van der Waals surface area (Å²) in [7, 11) is 0. The van der Waals surface area contributed by atoms with Gasteiger partial charge in [0.25, 0.3) is 0 Å². The number of fused-ring (bicyclic) bond motifs is 3. The van der Waals surface area contributed by atoms with Crippen LogP contribution in [0.3, 0.4) is 0 Å². The minimum atomic E-state index is 0. The normalized spacial score (nSPS) is 14.3. The van der Waals surface area contributed by atoms with Crippen LogP contribution in [0, 0.1) is 17.4 Å². The minimum absolute atomic E-state index is 0. The van der Waals surface area contributed by atoms with Gasteiger partial charge in [-0.3, -0.25) is 6.08 Å². The zero-order valence-corrected chi connectivity index (χ0v) is 35.4. The second-order valence-corrected chi connectivity index (χ2v) is 17.2. The molecule has 1 atom stereocenters. The van der Waals surface area contributed by atoms with E-state index in [4.69, 9.17) is 0 Å². The molecule has 5 aromatic rings. The first-order valence-electron chi connectivity index (χ1n) is 17.2. The van der Waals surface area contributed by atoms with Crippen LogP contribution in [0.25, 0.3) is 21.5 Å². The molecule has 0 fully saturated rings. The third-order valence-electron chi connectivity index (χ3n) is 8.87. The van der Waals surface area contributed by atoms with E-state index in [1.165, 1.54) is 82.4 Å². The molecule has 0 amide bonds. The van der Waals surface area contributed by atoms with Gasteiger partial charge in [0.2, 0.25) is 0 Å². The Labute approximate surface area is 325 Å². The molecule has 0 N–H and O–H groups in total. The first kappa shape index (κ1) is 42.7. The van der Waals surface area contributed by atoms with Gasteiger partial charge < -0.3 is 24.8 Å². The molecule has 1 aliphatic carbocycles. The summed E-state index contributed by atoms with van der Waals surface area (Å²) in [5, 5.41) is 5.48. The van der Waals surface area contributed by atoms with Gasteiger partial charge in [-0.2, -0.15) is 11.6 Å². The van der Waals surface area contributed by atoms with Crippen molar-refractivity contribution in [3.05, 3.63) is 149 Å². The standard InChI is InChI=1S/C21H25.C13H10.C12H19.2ClH.Zr/c1-20(2,3)16-7-9-18-14(12-16)11-15-13-17(21(4,5)6)8-10-19(15)18;1-3-7-12(8-4-1)11-13-9-5-2-6-10-13;1-6-10-7-9(2)8-11(10)12(3,4)5;;;/h7-13H,1-6H3;1-10H;8-9H,6H2,1-5H3;2*1H;/q-1;;-1;;;+2/p-2. The van der Waals surface area contributed by atoms with Gasteiger partial charge in [0.15, 0.2) is 0 Å². The summed E-state index contributed by atoms with van der Waals surface area (Å²) in [5.41, 5.74) is 9.09. The van der Waals surface area contributed by atoms with Crippen LogP contribution in [0.4, 0.5) is 0 Å². The van der Waals surface area contributed by atoms with Crippen LogP contribution in [-0.4, -0.2) is 3.21 Å². The van der Waals surface area contributed by atoms with Crippen molar-refractivity contribution < 1.29 is 49.0 Å².